The Hall–Kier alpha value is -2.74. The quantitative estimate of drug-likeness (QED) is 0.556. The van der Waals surface area contributed by atoms with E-state index in [-0.39, 0.29) is 53.3 Å². The third kappa shape index (κ3) is 6.58. The van der Waals surface area contributed by atoms with Crippen molar-refractivity contribution in [3.63, 3.8) is 0 Å². The summed E-state index contributed by atoms with van der Waals surface area (Å²) >= 11 is 0. The molecule has 204 valence electrons. The van der Waals surface area contributed by atoms with Crippen LogP contribution in [0.5, 0.6) is 0 Å². The minimum absolute atomic E-state index is 0.0227. The Balaban J connectivity index is 1.75. The zero-order chi connectivity index (χ0) is 27.7. The van der Waals surface area contributed by atoms with Crippen LogP contribution >= 0.6 is 0 Å². The van der Waals surface area contributed by atoms with E-state index in [9.17, 15) is 19.2 Å². The van der Waals surface area contributed by atoms with Crippen molar-refractivity contribution in [1.82, 2.24) is 15.1 Å². The number of amides is 3. The number of Topliss-reactive ketones (excluding diaryl/α,β-unsaturated/α-hetero) is 1. The molecule has 2 fully saturated rings. The SMILES string of the molecule is CC(C)CC(NC(=O)c1ccc(C(C)(C)C)cc1)C(=O)N1CCC2[C@H]1C(=O)CN2C(=O)[C@@H](N)CC(C)C. The first-order chi connectivity index (χ1) is 17.2. The van der Waals surface area contributed by atoms with Gasteiger partial charge >= 0.3 is 0 Å². The van der Waals surface area contributed by atoms with Gasteiger partial charge < -0.3 is 20.9 Å². The zero-order valence-corrected chi connectivity index (χ0v) is 23.4. The average molecular weight is 513 g/mol. The van der Waals surface area contributed by atoms with Gasteiger partial charge in [-0.1, -0.05) is 60.6 Å². The van der Waals surface area contributed by atoms with Crippen molar-refractivity contribution in [2.24, 2.45) is 17.6 Å². The van der Waals surface area contributed by atoms with E-state index in [0.29, 0.717) is 31.4 Å². The summed E-state index contributed by atoms with van der Waals surface area (Å²) in [6.07, 6.45) is 1.52. The number of fused-ring (bicyclic) bond motifs is 1. The Bertz CT molecular complexity index is 1010. The van der Waals surface area contributed by atoms with Crippen LogP contribution in [0.1, 0.15) is 83.7 Å². The molecule has 4 atom stereocenters. The lowest BCUT2D eigenvalue weighted by Gasteiger charge is -2.29. The van der Waals surface area contributed by atoms with Gasteiger partial charge in [0, 0.05) is 12.1 Å². The number of nitrogens with one attached hydrogen (secondary N) is 1. The third-order valence-electron chi connectivity index (χ3n) is 7.35. The number of carbonyl (C=O) groups is 4. The second-order valence-electron chi connectivity index (χ2n) is 12.5. The number of likely N-dealkylation sites (tertiary alicyclic amines) is 2. The highest BCUT2D eigenvalue weighted by Crippen LogP contribution is 2.31. The van der Waals surface area contributed by atoms with Gasteiger partial charge in [-0.05, 0) is 54.2 Å². The van der Waals surface area contributed by atoms with Crippen LogP contribution in [0.4, 0.5) is 0 Å². The summed E-state index contributed by atoms with van der Waals surface area (Å²) in [4.78, 5) is 56.0. The fourth-order valence-corrected chi connectivity index (χ4v) is 5.44. The maximum atomic E-state index is 13.7. The fourth-order valence-electron chi connectivity index (χ4n) is 5.44. The molecule has 0 bridgehead atoms. The molecule has 0 radical (unpaired) electrons. The molecule has 2 unspecified atom stereocenters. The van der Waals surface area contributed by atoms with E-state index in [1.165, 1.54) is 0 Å². The summed E-state index contributed by atoms with van der Waals surface area (Å²) in [6, 6.07) is 4.98. The lowest BCUT2D eigenvalue weighted by atomic mass is 9.86. The maximum absolute atomic E-state index is 13.7. The molecular weight excluding hydrogens is 468 g/mol. The summed E-state index contributed by atoms with van der Waals surface area (Å²) in [6.45, 7) is 14.7. The highest BCUT2D eigenvalue weighted by molar-refractivity contribution is 6.01. The number of hydrogen-bond acceptors (Lipinski definition) is 5. The Kier molecular flexibility index (Phi) is 8.83. The van der Waals surface area contributed by atoms with Crippen molar-refractivity contribution >= 4 is 23.5 Å². The van der Waals surface area contributed by atoms with Gasteiger partial charge in [-0.25, -0.2) is 0 Å². The van der Waals surface area contributed by atoms with Gasteiger partial charge in [0.25, 0.3) is 5.91 Å². The molecule has 37 heavy (non-hydrogen) atoms. The molecule has 3 N–H and O–H groups in total. The Morgan fingerprint density at radius 3 is 2.11 bits per heavy atom. The summed E-state index contributed by atoms with van der Waals surface area (Å²) < 4.78 is 0. The number of nitrogens with two attached hydrogens (primary N) is 1. The number of nitrogens with zero attached hydrogens (tertiary/aromatic N) is 2. The minimum Gasteiger partial charge on any atom is -0.340 e. The van der Waals surface area contributed by atoms with Gasteiger partial charge in [-0.15, -0.1) is 0 Å². The molecule has 2 heterocycles. The molecule has 3 rings (SSSR count). The van der Waals surface area contributed by atoms with Crippen molar-refractivity contribution < 1.29 is 19.2 Å². The first-order valence-corrected chi connectivity index (χ1v) is 13.5. The third-order valence-corrected chi connectivity index (χ3v) is 7.35. The van der Waals surface area contributed by atoms with Crippen LogP contribution in [0.3, 0.4) is 0 Å². The summed E-state index contributed by atoms with van der Waals surface area (Å²) in [5.74, 6) is -0.538. The summed E-state index contributed by atoms with van der Waals surface area (Å²) in [7, 11) is 0. The van der Waals surface area contributed by atoms with Crippen LogP contribution in [-0.4, -0.2) is 70.6 Å². The van der Waals surface area contributed by atoms with Crippen molar-refractivity contribution in [2.45, 2.75) is 97.3 Å². The van der Waals surface area contributed by atoms with E-state index in [0.717, 1.165) is 5.56 Å². The van der Waals surface area contributed by atoms with Crippen LogP contribution in [0.15, 0.2) is 24.3 Å². The summed E-state index contributed by atoms with van der Waals surface area (Å²) in [5, 5.41) is 2.93. The van der Waals surface area contributed by atoms with Crippen LogP contribution in [0.25, 0.3) is 0 Å². The molecule has 1 aromatic carbocycles. The van der Waals surface area contributed by atoms with E-state index in [1.54, 1.807) is 21.9 Å². The van der Waals surface area contributed by atoms with Gasteiger partial charge in [-0.3, -0.25) is 19.2 Å². The van der Waals surface area contributed by atoms with Crippen LogP contribution < -0.4 is 11.1 Å². The van der Waals surface area contributed by atoms with Gasteiger partial charge in [0.15, 0.2) is 5.78 Å². The van der Waals surface area contributed by atoms with Crippen LogP contribution in [0, 0.1) is 11.8 Å². The predicted molar refractivity (Wildman–Crippen MR) is 144 cm³/mol. The minimum atomic E-state index is -0.755. The Morgan fingerprint density at radius 2 is 1.57 bits per heavy atom. The largest absolute Gasteiger partial charge is 0.340 e. The highest BCUT2D eigenvalue weighted by Gasteiger charge is 2.52. The molecule has 0 spiro atoms. The van der Waals surface area contributed by atoms with Crippen molar-refractivity contribution in [2.75, 3.05) is 13.1 Å². The molecule has 0 aliphatic carbocycles. The molecule has 3 amide bonds. The molecular formula is C29H44N4O4. The maximum Gasteiger partial charge on any atom is 0.251 e. The van der Waals surface area contributed by atoms with Gasteiger partial charge in [0.2, 0.25) is 11.8 Å². The first-order valence-electron chi connectivity index (χ1n) is 13.5. The second-order valence-corrected chi connectivity index (χ2v) is 12.5. The van der Waals surface area contributed by atoms with Crippen LogP contribution in [0.2, 0.25) is 0 Å². The van der Waals surface area contributed by atoms with Crippen molar-refractivity contribution in [1.29, 1.82) is 0 Å². The Morgan fingerprint density at radius 1 is 0.973 bits per heavy atom. The van der Waals surface area contributed by atoms with Gasteiger partial charge in [-0.2, -0.15) is 0 Å². The van der Waals surface area contributed by atoms with E-state index < -0.39 is 18.1 Å². The monoisotopic (exact) mass is 512 g/mol. The lowest BCUT2D eigenvalue weighted by Crippen LogP contribution is -2.53. The molecule has 8 heteroatoms. The first kappa shape index (κ1) is 28.8. The van der Waals surface area contributed by atoms with E-state index in [1.807, 2.05) is 39.8 Å². The van der Waals surface area contributed by atoms with Crippen molar-refractivity contribution in [3.8, 4) is 0 Å². The van der Waals surface area contributed by atoms with Crippen molar-refractivity contribution in [3.05, 3.63) is 35.4 Å². The van der Waals surface area contributed by atoms with Gasteiger partial charge in [0.05, 0.1) is 18.6 Å². The van der Waals surface area contributed by atoms with Gasteiger partial charge in [0.1, 0.15) is 12.1 Å². The molecule has 2 saturated heterocycles. The average Bonchev–Trinajstić information content (AvgIpc) is 3.37. The zero-order valence-electron chi connectivity index (χ0n) is 23.4. The molecule has 2 aliphatic heterocycles. The number of benzene rings is 1. The van der Waals surface area contributed by atoms with E-state index >= 15 is 0 Å². The van der Waals surface area contributed by atoms with Crippen LogP contribution in [-0.2, 0) is 19.8 Å². The fraction of sp³-hybridized carbons (Fsp3) is 0.655. The number of carbonyl (C=O) groups excluding carboxylic acids is 4. The second kappa shape index (κ2) is 11.3. The number of hydrogen-bond donors (Lipinski definition) is 2. The lowest BCUT2D eigenvalue weighted by molar-refractivity contribution is -0.138. The molecule has 1 aromatic rings. The Labute approximate surface area is 221 Å². The van der Waals surface area contributed by atoms with E-state index in [4.69, 9.17) is 5.73 Å². The highest BCUT2D eigenvalue weighted by atomic mass is 16.2. The molecule has 0 aromatic heterocycles. The number of rotatable bonds is 8. The predicted octanol–water partition coefficient (Wildman–Crippen LogP) is 2.88. The van der Waals surface area contributed by atoms with E-state index in [2.05, 4.69) is 26.1 Å². The molecule has 2 aliphatic rings. The topological polar surface area (TPSA) is 113 Å². The normalized spacial score (nSPS) is 21.4. The molecule has 0 saturated carbocycles. The smallest absolute Gasteiger partial charge is 0.251 e. The number of ketones is 1. The standard InChI is InChI=1S/C29H44N4O4/c1-17(2)14-21(30)27(36)33-16-24(34)25-23(33)12-13-32(25)28(37)22(15-18(3)4)31-26(35)19-8-10-20(11-9-19)29(5,6)7/h8-11,17-18,21-23,25H,12-16,30H2,1-7H3,(H,31,35)/t21-,22?,23?,25-/m0/s1. The molecule has 8 nitrogen and oxygen atoms in total. The summed E-state index contributed by atoms with van der Waals surface area (Å²) in [5.41, 5.74) is 7.71.